The monoisotopic (exact) mass is 183 g/mol. The normalized spacial score (nSPS) is 24.5. The number of rotatable bonds is 3. The van der Waals surface area contributed by atoms with Crippen LogP contribution in [0.3, 0.4) is 0 Å². The molecule has 3 N–H and O–H groups in total. The molecule has 1 atom stereocenters. The fourth-order valence-electron chi connectivity index (χ4n) is 1.71. The van der Waals surface area contributed by atoms with Crippen LogP contribution in [0.25, 0.3) is 0 Å². The molecule has 0 bridgehead atoms. The van der Waals surface area contributed by atoms with Crippen LogP contribution in [0.4, 0.5) is 0 Å². The van der Waals surface area contributed by atoms with Gasteiger partial charge in [0.15, 0.2) is 5.96 Å². The predicted octanol–water partition coefficient (Wildman–Crippen LogP) is -0.304. The highest BCUT2D eigenvalue weighted by Gasteiger charge is 2.25. The Balaban J connectivity index is 1.66. The fraction of sp³-hybridized carbons (Fsp3) is 0.889. The highest BCUT2D eigenvalue weighted by molar-refractivity contribution is 5.81. The van der Waals surface area contributed by atoms with E-state index in [0.29, 0.717) is 12.5 Å². The topological polar surface area (TPSA) is 56.6 Å². The summed E-state index contributed by atoms with van der Waals surface area (Å²) >= 11 is 0. The first-order chi connectivity index (χ1) is 6.36. The SMILES string of the molecule is OC(CNC1=NCCN1)C1CCC1. The summed E-state index contributed by atoms with van der Waals surface area (Å²) in [5, 5.41) is 15.9. The van der Waals surface area contributed by atoms with Gasteiger partial charge in [0.05, 0.1) is 12.6 Å². The second-order valence-corrected chi connectivity index (χ2v) is 3.80. The fourth-order valence-corrected chi connectivity index (χ4v) is 1.71. The zero-order valence-electron chi connectivity index (χ0n) is 7.79. The van der Waals surface area contributed by atoms with Crippen molar-refractivity contribution in [2.24, 2.45) is 10.9 Å². The number of nitrogens with one attached hydrogen (secondary N) is 2. The van der Waals surface area contributed by atoms with Crippen molar-refractivity contribution in [3.8, 4) is 0 Å². The van der Waals surface area contributed by atoms with Gasteiger partial charge in [-0.3, -0.25) is 4.99 Å². The molecular formula is C9H17N3O. The summed E-state index contributed by atoms with van der Waals surface area (Å²) in [6, 6.07) is 0. The molecule has 0 aromatic heterocycles. The Morgan fingerprint density at radius 1 is 1.62 bits per heavy atom. The molecule has 0 amide bonds. The summed E-state index contributed by atoms with van der Waals surface area (Å²) in [5.74, 6) is 1.37. The Bertz CT molecular complexity index is 201. The van der Waals surface area contributed by atoms with Crippen LogP contribution in [0.15, 0.2) is 4.99 Å². The van der Waals surface area contributed by atoms with Gasteiger partial charge in [0.1, 0.15) is 0 Å². The van der Waals surface area contributed by atoms with E-state index in [1.807, 2.05) is 0 Å². The van der Waals surface area contributed by atoms with E-state index in [1.54, 1.807) is 0 Å². The number of aliphatic imine (C=N–C) groups is 1. The number of aliphatic hydroxyl groups excluding tert-OH is 1. The average molecular weight is 183 g/mol. The van der Waals surface area contributed by atoms with E-state index in [2.05, 4.69) is 15.6 Å². The molecule has 4 nitrogen and oxygen atoms in total. The molecule has 2 rings (SSSR count). The number of hydrogen-bond acceptors (Lipinski definition) is 4. The lowest BCUT2D eigenvalue weighted by molar-refractivity contribution is 0.0660. The first-order valence-corrected chi connectivity index (χ1v) is 5.06. The first-order valence-electron chi connectivity index (χ1n) is 5.06. The Hall–Kier alpha value is -0.770. The zero-order valence-corrected chi connectivity index (χ0v) is 7.79. The van der Waals surface area contributed by atoms with Crippen molar-refractivity contribution >= 4 is 5.96 Å². The van der Waals surface area contributed by atoms with Crippen molar-refractivity contribution in [1.82, 2.24) is 10.6 Å². The molecule has 0 saturated heterocycles. The maximum atomic E-state index is 9.68. The Morgan fingerprint density at radius 2 is 2.46 bits per heavy atom. The predicted molar refractivity (Wildman–Crippen MR) is 51.7 cm³/mol. The minimum absolute atomic E-state index is 0.196. The molecule has 1 aliphatic heterocycles. The Kier molecular flexibility index (Phi) is 2.68. The molecule has 0 aromatic rings. The lowest BCUT2D eigenvalue weighted by Crippen LogP contribution is -2.42. The van der Waals surface area contributed by atoms with Crippen LogP contribution in [0.1, 0.15) is 19.3 Å². The number of nitrogens with zero attached hydrogens (tertiary/aromatic N) is 1. The van der Waals surface area contributed by atoms with Crippen LogP contribution < -0.4 is 10.6 Å². The van der Waals surface area contributed by atoms with Crippen LogP contribution in [0.2, 0.25) is 0 Å². The van der Waals surface area contributed by atoms with E-state index in [4.69, 9.17) is 0 Å². The third-order valence-corrected chi connectivity index (χ3v) is 2.85. The molecule has 0 spiro atoms. The van der Waals surface area contributed by atoms with E-state index >= 15 is 0 Å². The van der Waals surface area contributed by atoms with Gasteiger partial charge >= 0.3 is 0 Å². The minimum atomic E-state index is -0.196. The summed E-state index contributed by atoms with van der Waals surface area (Å²) in [6.07, 6.45) is 3.45. The number of guanidine groups is 1. The molecule has 4 heteroatoms. The molecule has 0 radical (unpaired) electrons. The van der Waals surface area contributed by atoms with Gasteiger partial charge in [0.2, 0.25) is 0 Å². The van der Waals surface area contributed by atoms with Gasteiger partial charge in [-0.15, -0.1) is 0 Å². The standard InChI is InChI=1S/C9H17N3O/c13-8(7-2-1-3-7)6-12-9-10-4-5-11-9/h7-8,13H,1-6H2,(H2,10,11,12). The highest BCUT2D eigenvalue weighted by Crippen LogP contribution is 2.29. The van der Waals surface area contributed by atoms with Crippen molar-refractivity contribution < 1.29 is 5.11 Å². The lowest BCUT2D eigenvalue weighted by Gasteiger charge is -2.30. The van der Waals surface area contributed by atoms with Crippen molar-refractivity contribution in [3.63, 3.8) is 0 Å². The van der Waals surface area contributed by atoms with E-state index in [-0.39, 0.29) is 6.10 Å². The summed E-state index contributed by atoms with van der Waals surface area (Å²) in [4.78, 5) is 4.19. The molecule has 1 fully saturated rings. The highest BCUT2D eigenvalue weighted by atomic mass is 16.3. The van der Waals surface area contributed by atoms with Crippen LogP contribution in [-0.2, 0) is 0 Å². The Morgan fingerprint density at radius 3 is 3.00 bits per heavy atom. The van der Waals surface area contributed by atoms with Gasteiger partial charge in [0, 0.05) is 13.1 Å². The molecule has 1 saturated carbocycles. The quantitative estimate of drug-likeness (QED) is 0.563. The van der Waals surface area contributed by atoms with Crippen molar-refractivity contribution in [2.45, 2.75) is 25.4 Å². The third-order valence-electron chi connectivity index (χ3n) is 2.85. The van der Waals surface area contributed by atoms with Gasteiger partial charge in [-0.05, 0) is 18.8 Å². The molecule has 1 aliphatic carbocycles. The molecular weight excluding hydrogens is 166 g/mol. The van der Waals surface area contributed by atoms with Crippen molar-refractivity contribution in [3.05, 3.63) is 0 Å². The van der Waals surface area contributed by atoms with Crippen molar-refractivity contribution in [1.29, 1.82) is 0 Å². The summed E-state index contributed by atoms with van der Waals surface area (Å²) in [5.41, 5.74) is 0. The van der Waals surface area contributed by atoms with Gasteiger partial charge in [-0.25, -0.2) is 0 Å². The van der Waals surface area contributed by atoms with Crippen LogP contribution in [-0.4, -0.2) is 36.8 Å². The van der Waals surface area contributed by atoms with Crippen molar-refractivity contribution in [2.75, 3.05) is 19.6 Å². The molecule has 1 unspecified atom stereocenters. The molecule has 2 aliphatic rings. The maximum Gasteiger partial charge on any atom is 0.191 e. The molecule has 74 valence electrons. The summed E-state index contributed by atoms with van der Waals surface area (Å²) in [6.45, 7) is 2.40. The van der Waals surface area contributed by atoms with Gasteiger partial charge in [-0.1, -0.05) is 6.42 Å². The smallest absolute Gasteiger partial charge is 0.191 e. The maximum absolute atomic E-state index is 9.68. The summed E-state index contributed by atoms with van der Waals surface area (Å²) < 4.78 is 0. The van der Waals surface area contributed by atoms with E-state index in [1.165, 1.54) is 19.3 Å². The molecule has 13 heavy (non-hydrogen) atoms. The number of hydrogen-bond donors (Lipinski definition) is 3. The second kappa shape index (κ2) is 3.96. The second-order valence-electron chi connectivity index (χ2n) is 3.80. The van der Waals surface area contributed by atoms with Gasteiger partial charge < -0.3 is 15.7 Å². The number of aliphatic hydroxyl groups is 1. The van der Waals surface area contributed by atoms with E-state index < -0.39 is 0 Å². The summed E-state index contributed by atoms with van der Waals surface area (Å²) in [7, 11) is 0. The zero-order chi connectivity index (χ0) is 9.10. The van der Waals surface area contributed by atoms with E-state index in [0.717, 1.165) is 19.0 Å². The van der Waals surface area contributed by atoms with E-state index in [9.17, 15) is 5.11 Å². The average Bonchev–Trinajstić information content (AvgIpc) is 2.49. The van der Waals surface area contributed by atoms with Gasteiger partial charge in [0.25, 0.3) is 0 Å². The molecule has 1 heterocycles. The first kappa shape index (κ1) is 8.81. The Labute approximate surface area is 78.4 Å². The minimum Gasteiger partial charge on any atom is -0.391 e. The van der Waals surface area contributed by atoms with Crippen LogP contribution >= 0.6 is 0 Å². The molecule has 0 aromatic carbocycles. The third kappa shape index (κ3) is 2.12. The lowest BCUT2D eigenvalue weighted by atomic mass is 9.81. The van der Waals surface area contributed by atoms with Crippen LogP contribution in [0.5, 0.6) is 0 Å². The largest absolute Gasteiger partial charge is 0.391 e. The van der Waals surface area contributed by atoms with Gasteiger partial charge in [-0.2, -0.15) is 0 Å². The van der Waals surface area contributed by atoms with Crippen LogP contribution in [0, 0.1) is 5.92 Å².